The minimum absolute atomic E-state index is 0.0739. The molecule has 0 saturated carbocycles. The third-order valence-corrected chi connectivity index (χ3v) is 5.47. The molecule has 0 saturated heterocycles. The summed E-state index contributed by atoms with van der Waals surface area (Å²) < 4.78 is 36.2. The number of hydrogen-bond donors (Lipinski definition) is 4. The Kier molecular flexibility index (Phi) is 8.29. The second-order valence-corrected chi connectivity index (χ2v) is 8.09. The van der Waals surface area contributed by atoms with E-state index in [2.05, 4.69) is 10.6 Å². The van der Waals surface area contributed by atoms with E-state index >= 15 is 0 Å². The molecule has 198 valence electrons. The van der Waals surface area contributed by atoms with Crippen LogP contribution in [0.15, 0.2) is 72.8 Å². The number of hydrogen-bond acceptors (Lipinski definition) is 8. The van der Waals surface area contributed by atoms with Crippen LogP contribution < -0.4 is 25.8 Å². The van der Waals surface area contributed by atoms with E-state index in [9.17, 15) is 19.1 Å². The molecule has 5 N–H and O–H groups in total. The van der Waals surface area contributed by atoms with Gasteiger partial charge in [-0.2, -0.15) is 0 Å². The molecule has 0 bridgehead atoms. The molecule has 10 nitrogen and oxygen atoms in total. The first-order valence-corrected chi connectivity index (χ1v) is 11.6. The zero-order valence-electron chi connectivity index (χ0n) is 20.3. The van der Waals surface area contributed by atoms with Crippen molar-refractivity contribution in [1.82, 2.24) is 0 Å². The van der Waals surface area contributed by atoms with Gasteiger partial charge in [0.2, 0.25) is 12.7 Å². The predicted octanol–water partition coefficient (Wildman–Crippen LogP) is 4.73. The van der Waals surface area contributed by atoms with E-state index in [0.29, 0.717) is 28.6 Å². The number of amides is 2. The van der Waals surface area contributed by atoms with Crippen LogP contribution in [0.1, 0.15) is 18.6 Å². The summed E-state index contributed by atoms with van der Waals surface area (Å²) in [5.74, 6) is -0.990. The molecular weight excluding hydrogens is 497 g/mol. The Bertz CT molecular complexity index is 1350. The van der Waals surface area contributed by atoms with Crippen molar-refractivity contribution in [1.29, 1.82) is 0 Å². The Morgan fingerprint density at radius 2 is 1.89 bits per heavy atom. The number of nitrogens with one attached hydrogen (secondary N) is 2. The summed E-state index contributed by atoms with van der Waals surface area (Å²) in [4.78, 5) is 25.4. The van der Waals surface area contributed by atoms with Crippen LogP contribution in [-0.2, 0) is 14.3 Å². The summed E-state index contributed by atoms with van der Waals surface area (Å²) in [6.45, 7) is 1.98. The van der Waals surface area contributed by atoms with Crippen LogP contribution in [0, 0.1) is 5.82 Å². The Labute approximate surface area is 217 Å². The average Bonchev–Trinajstić information content (AvgIpc) is 3.36. The van der Waals surface area contributed by atoms with Gasteiger partial charge < -0.3 is 35.1 Å². The van der Waals surface area contributed by atoms with Gasteiger partial charge in [0.25, 0.3) is 0 Å². The summed E-state index contributed by atoms with van der Waals surface area (Å²) in [5.41, 5.74) is 7.25. The number of halogens is 1. The van der Waals surface area contributed by atoms with Crippen molar-refractivity contribution in [2.75, 3.05) is 29.8 Å². The van der Waals surface area contributed by atoms with E-state index in [1.807, 2.05) is 0 Å². The Morgan fingerprint density at radius 1 is 1.11 bits per heavy atom. The van der Waals surface area contributed by atoms with Crippen molar-refractivity contribution in [2.45, 2.75) is 19.1 Å². The molecule has 1 aliphatic heterocycles. The molecule has 0 spiro atoms. The van der Waals surface area contributed by atoms with Gasteiger partial charge in [0.15, 0.2) is 29.2 Å². The highest BCUT2D eigenvalue weighted by atomic mass is 19.1. The number of carbonyl (C=O) groups excluding carboxylic acids is 2. The van der Waals surface area contributed by atoms with E-state index in [1.165, 1.54) is 18.2 Å². The highest BCUT2D eigenvalue weighted by molar-refractivity contribution is 6.01. The van der Waals surface area contributed by atoms with Crippen molar-refractivity contribution in [3.8, 4) is 17.2 Å². The normalized spacial score (nSPS) is 13.6. The molecule has 0 radical (unpaired) electrons. The number of ether oxygens (including phenoxy) is 4. The summed E-state index contributed by atoms with van der Waals surface area (Å²) in [6, 6.07) is 15.1. The average molecular weight is 524 g/mol. The molecule has 0 fully saturated rings. The number of aromatic hydroxyl groups is 1. The molecule has 2 atom stereocenters. The van der Waals surface area contributed by atoms with Gasteiger partial charge in [0, 0.05) is 24.4 Å². The van der Waals surface area contributed by atoms with Crippen LogP contribution in [-0.4, -0.2) is 36.6 Å². The highest BCUT2D eigenvalue weighted by Crippen LogP contribution is 2.35. The lowest BCUT2D eigenvalue weighted by Crippen LogP contribution is -2.28. The van der Waals surface area contributed by atoms with Gasteiger partial charge in [0.05, 0.1) is 11.4 Å². The number of benzene rings is 3. The molecule has 38 heavy (non-hydrogen) atoms. The maximum absolute atomic E-state index is 14.2. The fraction of sp³-hybridized carbons (Fsp3) is 0.185. The number of carbonyl (C=O) groups is 2. The van der Waals surface area contributed by atoms with Gasteiger partial charge in [-0.15, -0.1) is 0 Å². The fourth-order valence-corrected chi connectivity index (χ4v) is 3.67. The molecule has 2 amide bonds. The zero-order chi connectivity index (χ0) is 27.1. The number of phenolic OH excluding ortho intramolecular Hbond substituents is 1. The Balaban J connectivity index is 1.55. The van der Waals surface area contributed by atoms with Crippen molar-refractivity contribution in [2.24, 2.45) is 0 Å². The first-order chi connectivity index (χ1) is 18.3. The second-order valence-electron chi connectivity index (χ2n) is 8.09. The lowest BCUT2D eigenvalue weighted by molar-refractivity contribution is -0.112. The summed E-state index contributed by atoms with van der Waals surface area (Å²) in [6.07, 6.45) is -0.464. The number of nitrogen functional groups attached to an aromatic ring is 1. The largest absolute Gasteiger partial charge is 0.505 e. The van der Waals surface area contributed by atoms with E-state index in [1.54, 1.807) is 49.4 Å². The lowest BCUT2D eigenvalue weighted by Gasteiger charge is -2.25. The first-order valence-electron chi connectivity index (χ1n) is 11.6. The van der Waals surface area contributed by atoms with Crippen LogP contribution in [0.3, 0.4) is 0 Å². The molecule has 3 aromatic carbocycles. The van der Waals surface area contributed by atoms with Crippen molar-refractivity contribution in [3.05, 3.63) is 84.2 Å². The van der Waals surface area contributed by atoms with Gasteiger partial charge in [0.1, 0.15) is 6.10 Å². The quantitative estimate of drug-likeness (QED) is 0.233. The van der Waals surface area contributed by atoms with Crippen molar-refractivity contribution in [3.63, 3.8) is 0 Å². The van der Waals surface area contributed by atoms with E-state index in [-0.39, 0.29) is 19.0 Å². The maximum Gasteiger partial charge on any atom is 0.412 e. The molecular formula is C27H26FN3O7. The summed E-state index contributed by atoms with van der Waals surface area (Å²) in [7, 11) is 0. The zero-order valence-corrected chi connectivity index (χ0v) is 20.3. The molecule has 0 aromatic heterocycles. The minimum atomic E-state index is -1.19. The van der Waals surface area contributed by atoms with Crippen LogP contribution in [0.5, 0.6) is 17.2 Å². The van der Waals surface area contributed by atoms with Crippen LogP contribution in [0.4, 0.5) is 26.2 Å². The topological polar surface area (TPSA) is 141 Å². The molecule has 4 rings (SSSR count). The molecule has 11 heteroatoms. The van der Waals surface area contributed by atoms with Gasteiger partial charge in [-0.25, -0.2) is 9.18 Å². The van der Waals surface area contributed by atoms with Gasteiger partial charge in [-0.3, -0.25) is 10.1 Å². The van der Waals surface area contributed by atoms with E-state index in [4.69, 9.17) is 24.7 Å². The molecule has 3 aromatic rings. The summed E-state index contributed by atoms with van der Waals surface area (Å²) >= 11 is 0. The number of fused-ring (bicyclic) bond motifs is 1. The molecule has 0 aliphatic carbocycles. The predicted molar refractivity (Wildman–Crippen MR) is 138 cm³/mol. The second kappa shape index (κ2) is 12.0. The summed E-state index contributed by atoms with van der Waals surface area (Å²) in [5, 5.41) is 14.9. The number of para-hydroxylation sites is 2. The standard InChI is InChI=1S/C27H26FN3O7/c1-2-35-23(11-12-25(33)31-20-6-4-3-5-19(20)29)26(16-7-9-21(32)18(28)13-16)38-27(34)30-17-8-10-22-24(14-17)37-15-36-22/h3-14,23,26,32H,2,15,29H2,1H3,(H,30,34)(H,31,33)/b12-11+/t23-,26-/m1/s1. The Hall–Kier alpha value is -4.77. The minimum Gasteiger partial charge on any atom is -0.505 e. The van der Waals surface area contributed by atoms with E-state index in [0.717, 1.165) is 12.1 Å². The van der Waals surface area contributed by atoms with Gasteiger partial charge in [-0.05, 0) is 55.0 Å². The van der Waals surface area contributed by atoms with Crippen LogP contribution in [0.25, 0.3) is 0 Å². The molecule has 1 aliphatic rings. The molecule has 1 heterocycles. The fourth-order valence-electron chi connectivity index (χ4n) is 3.67. The van der Waals surface area contributed by atoms with Gasteiger partial charge in [-0.1, -0.05) is 18.2 Å². The third-order valence-electron chi connectivity index (χ3n) is 5.47. The SMILES string of the molecule is CCO[C@H](/C=C/C(=O)Nc1ccccc1N)[C@H](OC(=O)Nc1ccc2c(c1)OCO2)c1ccc(O)c(F)c1. The lowest BCUT2D eigenvalue weighted by atomic mass is 10.0. The van der Waals surface area contributed by atoms with Crippen LogP contribution in [0.2, 0.25) is 0 Å². The number of rotatable bonds is 9. The number of nitrogens with two attached hydrogens (primary N) is 1. The van der Waals surface area contributed by atoms with Gasteiger partial charge >= 0.3 is 6.09 Å². The number of anilines is 3. The Morgan fingerprint density at radius 3 is 2.66 bits per heavy atom. The van der Waals surface area contributed by atoms with Crippen molar-refractivity contribution < 1.29 is 38.0 Å². The first kappa shape index (κ1) is 26.3. The monoisotopic (exact) mass is 523 g/mol. The number of phenols is 1. The van der Waals surface area contributed by atoms with Crippen molar-refractivity contribution >= 4 is 29.1 Å². The smallest absolute Gasteiger partial charge is 0.412 e. The highest BCUT2D eigenvalue weighted by Gasteiger charge is 2.28. The van der Waals surface area contributed by atoms with E-state index < -0.39 is 35.8 Å². The maximum atomic E-state index is 14.2. The van der Waals surface area contributed by atoms with Crippen LogP contribution >= 0.6 is 0 Å². The third kappa shape index (κ3) is 6.51. The molecule has 0 unspecified atom stereocenters.